The third kappa shape index (κ3) is 7.35. The third-order valence-electron chi connectivity index (χ3n) is 4.09. The number of hydrogen-bond acceptors (Lipinski definition) is 3. The highest BCUT2D eigenvalue weighted by Gasteiger charge is 2.37. The second-order valence-corrected chi connectivity index (χ2v) is 7.01. The van der Waals surface area contributed by atoms with Gasteiger partial charge in [0.2, 0.25) is 0 Å². The summed E-state index contributed by atoms with van der Waals surface area (Å²) >= 11 is 0. The molecule has 2 N–H and O–H groups in total. The molecule has 0 atom stereocenters. The first-order valence-electron chi connectivity index (χ1n) is 9.01. The molecule has 5 nitrogen and oxygen atoms in total. The number of benzene rings is 2. The minimum absolute atomic E-state index is 0.0135. The van der Waals surface area contributed by atoms with E-state index in [9.17, 15) is 31.1 Å². The number of hydrogen-bond donors (Lipinski definition) is 2. The number of ether oxygens (including phenoxy) is 1. The molecular weight excluding hydrogens is 428 g/mol. The van der Waals surface area contributed by atoms with E-state index < -0.39 is 35.2 Å². The van der Waals surface area contributed by atoms with Crippen molar-refractivity contribution < 1.29 is 35.9 Å². The Hall–Kier alpha value is -2.95. The summed E-state index contributed by atoms with van der Waals surface area (Å²) < 4.78 is 83.3. The van der Waals surface area contributed by atoms with Crippen molar-refractivity contribution in [3.63, 3.8) is 0 Å². The molecule has 0 bridgehead atoms. The number of nitrogens with zero attached hydrogens (tertiary/aromatic N) is 1. The lowest BCUT2D eigenvalue weighted by atomic mass is 10.1. The van der Waals surface area contributed by atoms with Crippen molar-refractivity contribution in [1.29, 1.82) is 0 Å². The van der Waals surface area contributed by atoms with Crippen LogP contribution in [-0.2, 0) is 12.4 Å². The maximum absolute atomic E-state index is 12.9. The van der Waals surface area contributed by atoms with Crippen LogP contribution in [0.4, 0.5) is 42.5 Å². The maximum Gasteiger partial charge on any atom is 0.416 e. The van der Waals surface area contributed by atoms with Crippen LogP contribution in [0.5, 0.6) is 5.75 Å². The molecule has 0 saturated heterocycles. The molecule has 11 heteroatoms. The van der Waals surface area contributed by atoms with Gasteiger partial charge in [-0.25, -0.2) is 4.79 Å². The average Bonchev–Trinajstić information content (AvgIpc) is 2.62. The molecule has 2 rings (SSSR count). The molecule has 0 radical (unpaired) electrons. The minimum Gasteiger partial charge on any atom is -0.492 e. The number of carbonyl (C=O) groups is 1. The fourth-order valence-corrected chi connectivity index (χ4v) is 2.49. The van der Waals surface area contributed by atoms with E-state index in [1.807, 2.05) is 24.3 Å². The highest BCUT2D eigenvalue weighted by molar-refractivity contribution is 6.00. The lowest BCUT2D eigenvalue weighted by Crippen LogP contribution is -2.21. The summed E-state index contributed by atoms with van der Waals surface area (Å²) in [6.07, 6.45) is -10.0. The van der Waals surface area contributed by atoms with Crippen LogP contribution in [0, 0.1) is 6.92 Å². The van der Waals surface area contributed by atoms with E-state index in [1.165, 1.54) is 12.1 Å². The van der Waals surface area contributed by atoms with E-state index >= 15 is 0 Å². The van der Waals surface area contributed by atoms with Crippen LogP contribution >= 0.6 is 0 Å². The highest BCUT2D eigenvalue weighted by Crippen LogP contribution is 2.37. The zero-order valence-electron chi connectivity index (χ0n) is 16.9. The van der Waals surface area contributed by atoms with Crippen LogP contribution in [0.3, 0.4) is 0 Å². The SMILES string of the molecule is Cc1ccc(NC(=O)Nc2cc(C(F)(F)F)cc(C(F)(F)F)c2)cc1OCCN(C)C. The molecular formula is C20H21F6N3O2. The first-order valence-corrected chi connectivity index (χ1v) is 9.01. The fourth-order valence-electron chi connectivity index (χ4n) is 2.49. The van der Waals surface area contributed by atoms with E-state index in [0.717, 1.165) is 5.56 Å². The monoisotopic (exact) mass is 449 g/mol. The Kier molecular flexibility index (Phi) is 7.42. The number of halogens is 6. The number of aryl methyl sites for hydroxylation is 1. The van der Waals surface area contributed by atoms with Crippen molar-refractivity contribution in [3.05, 3.63) is 53.1 Å². The smallest absolute Gasteiger partial charge is 0.416 e. The number of likely N-dealkylation sites (N-methyl/N-ethyl adjacent to an activating group) is 1. The van der Waals surface area contributed by atoms with Gasteiger partial charge in [0.15, 0.2) is 0 Å². The lowest BCUT2D eigenvalue weighted by Gasteiger charge is -2.16. The van der Waals surface area contributed by atoms with Gasteiger partial charge in [0, 0.05) is 24.0 Å². The van der Waals surface area contributed by atoms with Gasteiger partial charge in [-0.15, -0.1) is 0 Å². The normalized spacial score (nSPS) is 12.1. The molecule has 0 heterocycles. The third-order valence-corrected chi connectivity index (χ3v) is 4.09. The molecule has 2 aromatic carbocycles. The first kappa shape index (κ1) is 24.3. The average molecular weight is 449 g/mol. The minimum atomic E-state index is -5.01. The van der Waals surface area contributed by atoms with Gasteiger partial charge in [0.05, 0.1) is 11.1 Å². The predicted molar refractivity (Wildman–Crippen MR) is 104 cm³/mol. The Morgan fingerprint density at radius 2 is 1.45 bits per heavy atom. The van der Waals surface area contributed by atoms with Crippen LogP contribution < -0.4 is 15.4 Å². The van der Waals surface area contributed by atoms with Crippen molar-refractivity contribution in [2.45, 2.75) is 19.3 Å². The number of anilines is 2. The standard InChI is InChI=1S/C20H21F6N3O2/c1-12-4-5-15(11-17(12)31-7-6-29(2)3)27-18(30)28-16-9-13(19(21,22)23)8-14(10-16)20(24,25)26/h4-5,8-11H,6-7H2,1-3H3,(H2,27,28,30). The number of carbonyl (C=O) groups excluding carboxylic acids is 1. The van der Waals surface area contributed by atoms with Crippen molar-refractivity contribution in [2.75, 3.05) is 37.9 Å². The Morgan fingerprint density at radius 1 is 0.903 bits per heavy atom. The van der Waals surface area contributed by atoms with Gasteiger partial charge in [-0.2, -0.15) is 26.3 Å². The molecule has 2 amide bonds. The summed E-state index contributed by atoms with van der Waals surface area (Å²) in [7, 11) is 3.74. The van der Waals surface area contributed by atoms with E-state index in [2.05, 4.69) is 5.32 Å². The van der Waals surface area contributed by atoms with Crippen LogP contribution in [0.2, 0.25) is 0 Å². The summed E-state index contributed by atoms with van der Waals surface area (Å²) in [5, 5.41) is 4.38. The quantitative estimate of drug-likeness (QED) is 0.563. The van der Waals surface area contributed by atoms with Crippen molar-refractivity contribution in [3.8, 4) is 5.75 Å². The summed E-state index contributed by atoms with van der Waals surface area (Å²) in [5.74, 6) is 0.484. The predicted octanol–water partition coefficient (Wildman–Crippen LogP) is 5.62. The second-order valence-electron chi connectivity index (χ2n) is 7.01. The Labute approximate surface area is 175 Å². The molecule has 0 aliphatic heterocycles. The first-order chi connectivity index (χ1) is 14.3. The van der Waals surface area contributed by atoms with Gasteiger partial charge in [-0.1, -0.05) is 6.07 Å². The summed E-state index contributed by atoms with van der Waals surface area (Å²) in [6.45, 7) is 2.82. The van der Waals surface area contributed by atoms with Crippen LogP contribution in [0.15, 0.2) is 36.4 Å². The van der Waals surface area contributed by atoms with Crippen molar-refractivity contribution >= 4 is 17.4 Å². The lowest BCUT2D eigenvalue weighted by molar-refractivity contribution is -0.143. The molecule has 0 aliphatic carbocycles. The topological polar surface area (TPSA) is 53.6 Å². The van der Waals surface area contributed by atoms with Gasteiger partial charge in [0.25, 0.3) is 0 Å². The van der Waals surface area contributed by atoms with Gasteiger partial charge in [0.1, 0.15) is 12.4 Å². The number of amides is 2. The largest absolute Gasteiger partial charge is 0.492 e. The number of nitrogens with one attached hydrogen (secondary N) is 2. The summed E-state index contributed by atoms with van der Waals surface area (Å²) in [6, 6.07) is 4.54. The molecule has 170 valence electrons. The Balaban J connectivity index is 2.17. The molecule has 0 fully saturated rings. The highest BCUT2D eigenvalue weighted by atomic mass is 19.4. The molecule has 0 unspecified atom stereocenters. The van der Waals surface area contributed by atoms with Gasteiger partial charge < -0.3 is 20.3 Å². The summed E-state index contributed by atoms with van der Waals surface area (Å²) in [4.78, 5) is 14.1. The molecule has 31 heavy (non-hydrogen) atoms. The van der Waals surface area contributed by atoms with Crippen LogP contribution in [0.1, 0.15) is 16.7 Å². The van der Waals surface area contributed by atoms with Gasteiger partial charge in [-0.3, -0.25) is 0 Å². The fraction of sp³-hybridized carbons (Fsp3) is 0.350. The molecule has 0 spiro atoms. The van der Waals surface area contributed by atoms with E-state index in [-0.39, 0.29) is 11.8 Å². The van der Waals surface area contributed by atoms with Crippen LogP contribution in [0.25, 0.3) is 0 Å². The Morgan fingerprint density at radius 3 is 1.97 bits per heavy atom. The molecule has 0 aliphatic rings. The molecule has 0 aromatic heterocycles. The second kappa shape index (κ2) is 9.46. The van der Waals surface area contributed by atoms with E-state index in [4.69, 9.17) is 4.74 Å². The summed E-state index contributed by atoms with van der Waals surface area (Å²) in [5.41, 5.74) is -2.65. The van der Waals surface area contributed by atoms with E-state index in [0.29, 0.717) is 31.0 Å². The van der Waals surface area contributed by atoms with Gasteiger partial charge >= 0.3 is 18.4 Å². The molecule has 2 aromatic rings. The van der Waals surface area contributed by atoms with Crippen molar-refractivity contribution in [1.82, 2.24) is 4.90 Å². The zero-order valence-corrected chi connectivity index (χ0v) is 16.9. The maximum atomic E-state index is 12.9. The molecule has 0 saturated carbocycles. The van der Waals surface area contributed by atoms with Crippen LogP contribution in [-0.4, -0.2) is 38.2 Å². The Bertz CT molecular complexity index is 894. The number of alkyl halides is 6. The number of rotatable bonds is 6. The number of urea groups is 1. The van der Waals surface area contributed by atoms with Gasteiger partial charge in [-0.05, 0) is 50.8 Å². The van der Waals surface area contributed by atoms with Crippen molar-refractivity contribution in [2.24, 2.45) is 0 Å². The van der Waals surface area contributed by atoms with E-state index in [1.54, 1.807) is 13.0 Å². The zero-order chi connectivity index (χ0) is 23.4.